The molecule has 1 aliphatic carbocycles. The van der Waals surface area contributed by atoms with E-state index in [4.69, 9.17) is 14.5 Å². The van der Waals surface area contributed by atoms with Crippen molar-refractivity contribution in [3.63, 3.8) is 0 Å². The first kappa shape index (κ1) is 13.9. The van der Waals surface area contributed by atoms with Crippen molar-refractivity contribution in [1.29, 1.82) is 0 Å². The molecule has 1 N–H and O–H groups in total. The van der Waals surface area contributed by atoms with Crippen LogP contribution in [0, 0.1) is 0 Å². The molecule has 1 atom stereocenters. The van der Waals surface area contributed by atoms with Crippen LogP contribution in [-0.2, 0) is 21.5 Å². The minimum atomic E-state index is -0.361. The van der Waals surface area contributed by atoms with Crippen LogP contribution >= 0.6 is 0 Å². The number of hydrogen-bond donors (Lipinski definition) is 1. The maximum Gasteiger partial charge on any atom is 0.160 e. The summed E-state index contributed by atoms with van der Waals surface area (Å²) in [7, 11) is 3.76. The van der Waals surface area contributed by atoms with Crippen molar-refractivity contribution in [3.8, 4) is 0 Å². The molecule has 1 unspecified atom stereocenters. The maximum absolute atomic E-state index is 5.79. The topological polar surface area (TPSA) is 56.3 Å². The van der Waals surface area contributed by atoms with E-state index >= 15 is 0 Å². The van der Waals surface area contributed by atoms with Crippen LogP contribution in [0.15, 0.2) is 6.20 Å². The van der Waals surface area contributed by atoms with Gasteiger partial charge in [-0.3, -0.25) is 0 Å². The minimum absolute atomic E-state index is 0.361. The average molecular weight is 277 g/mol. The van der Waals surface area contributed by atoms with Crippen molar-refractivity contribution in [2.24, 2.45) is 0 Å². The lowest BCUT2D eigenvalue weighted by Crippen LogP contribution is -2.38. The molecule has 0 spiro atoms. The molecule has 0 radical (unpaired) electrons. The van der Waals surface area contributed by atoms with Gasteiger partial charge in [0.05, 0.1) is 0 Å². The van der Waals surface area contributed by atoms with Crippen molar-refractivity contribution in [3.05, 3.63) is 23.3 Å². The molecule has 5 heteroatoms. The van der Waals surface area contributed by atoms with Gasteiger partial charge in [-0.1, -0.05) is 0 Å². The van der Waals surface area contributed by atoms with E-state index in [1.54, 1.807) is 7.11 Å². The van der Waals surface area contributed by atoms with Gasteiger partial charge in [-0.2, -0.15) is 0 Å². The van der Waals surface area contributed by atoms with Gasteiger partial charge in [-0.05, 0) is 26.3 Å². The number of methoxy groups -OCH3 is 1. The van der Waals surface area contributed by atoms with Gasteiger partial charge in [0.25, 0.3) is 0 Å². The van der Waals surface area contributed by atoms with E-state index in [1.165, 1.54) is 17.7 Å². The molecule has 1 saturated heterocycles. The zero-order chi connectivity index (χ0) is 14.0. The Labute approximate surface area is 120 Å². The highest BCUT2D eigenvalue weighted by Gasteiger charge is 2.38. The third kappa shape index (κ3) is 2.34. The molecule has 5 nitrogen and oxygen atoms in total. The summed E-state index contributed by atoms with van der Waals surface area (Å²) in [6, 6.07) is 0.390. The predicted molar refractivity (Wildman–Crippen MR) is 75.5 cm³/mol. The molecule has 0 bridgehead atoms. The Balaban J connectivity index is 1.95. The standard InChI is InChI=1S/C15H23N3O2/c1-16-12-4-3-5-13-11(12)10-17-14(18-13)15(19-2)6-8-20-9-7-15/h10,12,16H,3-9H2,1-2H3. The fourth-order valence-electron chi connectivity index (χ4n) is 3.29. The van der Waals surface area contributed by atoms with Crippen LogP contribution in [0.5, 0.6) is 0 Å². The highest BCUT2D eigenvalue weighted by atomic mass is 16.5. The quantitative estimate of drug-likeness (QED) is 0.912. The lowest BCUT2D eigenvalue weighted by Gasteiger charge is -2.35. The van der Waals surface area contributed by atoms with Crippen LogP contribution < -0.4 is 5.32 Å². The van der Waals surface area contributed by atoms with E-state index in [-0.39, 0.29) is 5.60 Å². The van der Waals surface area contributed by atoms with E-state index in [0.717, 1.165) is 31.5 Å². The van der Waals surface area contributed by atoms with E-state index < -0.39 is 0 Å². The van der Waals surface area contributed by atoms with Crippen molar-refractivity contribution >= 4 is 0 Å². The Morgan fingerprint density at radius 1 is 1.40 bits per heavy atom. The van der Waals surface area contributed by atoms with Crippen LogP contribution in [0.4, 0.5) is 0 Å². The summed E-state index contributed by atoms with van der Waals surface area (Å²) in [5.74, 6) is 0.832. The number of fused-ring (bicyclic) bond motifs is 1. The largest absolute Gasteiger partial charge is 0.381 e. The molecule has 2 aliphatic rings. The molecule has 0 saturated carbocycles. The number of ether oxygens (including phenoxy) is 2. The number of rotatable bonds is 3. The summed E-state index contributed by atoms with van der Waals surface area (Å²) in [4.78, 5) is 9.47. The van der Waals surface area contributed by atoms with E-state index in [2.05, 4.69) is 10.3 Å². The predicted octanol–water partition coefficient (Wildman–Crippen LogP) is 1.73. The van der Waals surface area contributed by atoms with Crippen LogP contribution in [0.3, 0.4) is 0 Å². The van der Waals surface area contributed by atoms with E-state index in [9.17, 15) is 0 Å². The Morgan fingerprint density at radius 3 is 2.90 bits per heavy atom. The Bertz CT molecular complexity index is 472. The maximum atomic E-state index is 5.79. The fourth-order valence-corrected chi connectivity index (χ4v) is 3.29. The summed E-state index contributed by atoms with van der Waals surface area (Å²) < 4.78 is 11.2. The number of nitrogens with one attached hydrogen (secondary N) is 1. The fraction of sp³-hybridized carbons (Fsp3) is 0.733. The van der Waals surface area contributed by atoms with Gasteiger partial charge in [0.15, 0.2) is 5.82 Å². The van der Waals surface area contributed by atoms with Crippen LogP contribution in [0.25, 0.3) is 0 Å². The number of aryl methyl sites for hydroxylation is 1. The molecule has 1 fully saturated rings. The Kier molecular flexibility index (Phi) is 4.01. The summed E-state index contributed by atoms with van der Waals surface area (Å²) in [5.41, 5.74) is 2.07. The van der Waals surface area contributed by atoms with E-state index in [1.807, 2.05) is 13.2 Å². The summed E-state index contributed by atoms with van der Waals surface area (Å²) in [5, 5.41) is 3.35. The van der Waals surface area contributed by atoms with Crippen LogP contribution in [0.2, 0.25) is 0 Å². The highest BCUT2D eigenvalue weighted by Crippen LogP contribution is 2.35. The summed E-state index contributed by atoms with van der Waals surface area (Å²) >= 11 is 0. The van der Waals surface area contributed by atoms with Gasteiger partial charge < -0.3 is 14.8 Å². The molecule has 1 aromatic rings. The number of hydrogen-bond acceptors (Lipinski definition) is 5. The molecule has 0 amide bonds. The van der Waals surface area contributed by atoms with Gasteiger partial charge in [0.2, 0.25) is 0 Å². The molecule has 1 aromatic heterocycles. The van der Waals surface area contributed by atoms with Gasteiger partial charge in [-0.15, -0.1) is 0 Å². The second-order valence-electron chi connectivity index (χ2n) is 5.64. The minimum Gasteiger partial charge on any atom is -0.381 e. The molecule has 0 aromatic carbocycles. The zero-order valence-electron chi connectivity index (χ0n) is 12.3. The van der Waals surface area contributed by atoms with Crippen molar-refractivity contribution in [2.75, 3.05) is 27.4 Å². The Morgan fingerprint density at radius 2 is 2.20 bits per heavy atom. The lowest BCUT2D eigenvalue weighted by molar-refractivity contribution is -0.100. The molecular weight excluding hydrogens is 254 g/mol. The second kappa shape index (κ2) is 5.76. The van der Waals surface area contributed by atoms with Gasteiger partial charge in [-0.25, -0.2) is 9.97 Å². The third-order valence-electron chi connectivity index (χ3n) is 4.63. The van der Waals surface area contributed by atoms with Gasteiger partial charge in [0, 0.05) is 56.7 Å². The normalized spacial score (nSPS) is 25.2. The average Bonchev–Trinajstić information content (AvgIpc) is 2.54. The zero-order valence-corrected chi connectivity index (χ0v) is 12.3. The summed E-state index contributed by atoms with van der Waals surface area (Å²) in [6.07, 6.45) is 7.04. The number of nitrogens with zero attached hydrogens (tertiary/aromatic N) is 2. The molecular formula is C15H23N3O2. The number of aromatic nitrogens is 2. The lowest BCUT2D eigenvalue weighted by atomic mass is 9.90. The monoisotopic (exact) mass is 277 g/mol. The van der Waals surface area contributed by atoms with Crippen molar-refractivity contribution in [2.45, 2.75) is 43.7 Å². The highest BCUT2D eigenvalue weighted by molar-refractivity contribution is 5.26. The van der Waals surface area contributed by atoms with E-state index in [0.29, 0.717) is 19.3 Å². The van der Waals surface area contributed by atoms with Gasteiger partial charge >= 0.3 is 0 Å². The smallest absolute Gasteiger partial charge is 0.160 e. The van der Waals surface area contributed by atoms with Crippen molar-refractivity contribution in [1.82, 2.24) is 15.3 Å². The third-order valence-corrected chi connectivity index (χ3v) is 4.63. The molecule has 1 aliphatic heterocycles. The molecule has 2 heterocycles. The SMILES string of the molecule is CNC1CCCc2nc(C3(OC)CCOCC3)ncc21. The second-order valence-corrected chi connectivity index (χ2v) is 5.64. The molecule has 110 valence electrons. The summed E-state index contributed by atoms with van der Waals surface area (Å²) in [6.45, 7) is 1.43. The Hall–Kier alpha value is -1.04. The first-order valence-corrected chi connectivity index (χ1v) is 7.45. The van der Waals surface area contributed by atoms with Gasteiger partial charge in [0.1, 0.15) is 5.60 Å². The van der Waals surface area contributed by atoms with Crippen LogP contribution in [0.1, 0.15) is 48.8 Å². The first-order valence-electron chi connectivity index (χ1n) is 7.45. The first-order chi connectivity index (χ1) is 9.79. The molecule has 20 heavy (non-hydrogen) atoms. The molecule has 3 rings (SSSR count). The van der Waals surface area contributed by atoms with Crippen molar-refractivity contribution < 1.29 is 9.47 Å². The van der Waals surface area contributed by atoms with Crippen LogP contribution in [-0.4, -0.2) is 37.3 Å².